The van der Waals surface area contributed by atoms with E-state index in [4.69, 9.17) is 9.47 Å². The van der Waals surface area contributed by atoms with Crippen LogP contribution in [-0.4, -0.2) is 23.1 Å². The molecule has 4 heteroatoms. The molecule has 170 valence electrons. The van der Waals surface area contributed by atoms with Gasteiger partial charge in [-0.3, -0.25) is 0 Å². The maximum absolute atomic E-state index is 12.0. The van der Waals surface area contributed by atoms with Crippen LogP contribution in [0.1, 0.15) is 92.9 Å². The first-order valence-corrected chi connectivity index (χ1v) is 11.6. The molecular weight excluding hydrogens is 376 g/mol. The van der Waals surface area contributed by atoms with Crippen molar-refractivity contribution in [1.29, 1.82) is 0 Å². The molecule has 0 amide bonds. The summed E-state index contributed by atoms with van der Waals surface area (Å²) in [5, 5.41) is 0. The zero-order valence-corrected chi connectivity index (χ0v) is 20.0. The van der Waals surface area contributed by atoms with E-state index in [1.807, 2.05) is 0 Å². The second-order valence-corrected chi connectivity index (χ2v) is 10.7. The van der Waals surface area contributed by atoms with Gasteiger partial charge in [0.2, 0.25) is 0 Å². The van der Waals surface area contributed by atoms with Crippen molar-refractivity contribution in [3.63, 3.8) is 0 Å². The van der Waals surface area contributed by atoms with Gasteiger partial charge in [-0.05, 0) is 103 Å². The smallest absolute Gasteiger partial charge is 0.333 e. The van der Waals surface area contributed by atoms with Gasteiger partial charge in [0, 0.05) is 11.1 Å². The van der Waals surface area contributed by atoms with Crippen molar-refractivity contribution in [2.24, 2.45) is 23.7 Å². The normalized spacial score (nSPS) is 32.9. The summed E-state index contributed by atoms with van der Waals surface area (Å²) in [7, 11) is 0. The second-order valence-electron chi connectivity index (χ2n) is 10.7. The van der Waals surface area contributed by atoms with Crippen LogP contribution < -0.4 is 0 Å². The van der Waals surface area contributed by atoms with Gasteiger partial charge in [0.25, 0.3) is 0 Å². The molecule has 0 aliphatic heterocycles. The summed E-state index contributed by atoms with van der Waals surface area (Å²) in [6.07, 6.45) is 8.06. The summed E-state index contributed by atoms with van der Waals surface area (Å²) < 4.78 is 11.5. The molecule has 0 aromatic heterocycles. The Morgan fingerprint density at radius 2 is 1.07 bits per heavy atom. The maximum Gasteiger partial charge on any atom is 0.333 e. The van der Waals surface area contributed by atoms with Crippen molar-refractivity contribution in [1.82, 2.24) is 0 Å². The van der Waals surface area contributed by atoms with Gasteiger partial charge in [-0.25, -0.2) is 9.59 Å². The Hall–Kier alpha value is -1.58. The highest BCUT2D eigenvalue weighted by Gasteiger charge is 2.43. The van der Waals surface area contributed by atoms with Gasteiger partial charge in [-0.1, -0.05) is 27.0 Å². The predicted molar refractivity (Wildman–Crippen MR) is 121 cm³/mol. The number of hydrogen-bond acceptors (Lipinski definition) is 4. The zero-order chi connectivity index (χ0) is 22.7. The molecule has 30 heavy (non-hydrogen) atoms. The molecule has 4 nitrogen and oxygen atoms in total. The third kappa shape index (κ3) is 6.21. The van der Waals surface area contributed by atoms with Crippen LogP contribution in [-0.2, 0) is 19.1 Å². The Balaban J connectivity index is 1.96. The molecular formula is C26H42O4. The van der Waals surface area contributed by atoms with Gasteiger partial charge >= 0.3 is 11.9 Å². The van der Waals surface area contributed by atoms with Gasteiger partial charge in [0.1, 0.15) is 11.2 Å². The monoisotopic (exact) mass is 418 g/mol. The van der Waals surface area contributed by atoms with Crippen LogP contribution >= 0.6 is 0 Å². The van der Waals surface area contributed by atoms with Crippen LogP contribution in [0.4, 0.5) is 0 Å². The van der Waals surface area contributed by atoms with E-state index >= 15 is 0 Å². The number of hydrogen-bond donors (Lipinski definition) is 0. The maximum atomic E-state index is 12.0. The zero-order valence-electron chi connectivity index (χ0n) is 20.0. The van der Waals surface area contributed by atoms with Crippen molar-refractivity contribution in [2.45, 2.75) is 104 Å². The minimum Gasteiger partial charge on any atom is -0.456 e. The summed E-state index contributed by atoms with van der Waals surface area (Å²) in [6, 6.07) is 0. The number of carbonyl (C=O) groups is 2. The fourth-order valence-corrected chi connectivity index (χ4v) is 5.57. The topological polar surface area (TPSA) is 52.6 Å². The van der Waals surface area contributed by atoms with Crippen LogP contribution in [0.25, 0.3) is 0 Å². The molecule has 0 atom stereocenters. The van der Waals surface area contributed by atoms with E-state index < -0.39 is 0 Å². The SMILES string of the molecule is C=C(C)C(=O)OC1(C)CCC(C(C(C)C)C2CCC(C)(OC(=O)C(=C)C)CC2)CC1. The van der Waals surface area contributed by atoms with Gasteiger partial charge in [-0.15, -0.1) is 0 Å². The largest absolute Gasteiger partial charge is 0.456 e. The lowest BCUT2D eigenvalue weighted by molar-refractivity contribution is -0.158. The average Bonchev–Trinajstić information content (AvgIpc) is 2.64. The molecule has 0 radical (unpaired) electrons. The second kappa shape index (κ2) is 9.70. The molecule has 0 saturated heterocycles. The van der Waals surface area contributed by atoms with E-state index in [0.29, 0.717) is 34.8 Å². The molecule has 2 fully saturated rings. The fourth-order valence-electron chi connectivity index (χ4n) is 5.57. The Morgan fingerprint density at radius 3 is 1.30 bits per heavy atom. The Morgan fingerprint density at radius 1 is 0.767 bits per heavy atom. The number of esters is 2. The molecule has 0 aromatic rings. The van der Waals surface area contributed by atoms with Gasteiger partial charge < -0.3 is 9.47 Å². The number of ether oxygens (including phenoxy) is 2. The number of carbonyl (C=O) groups excluding carboxylic acids is 2. The predicted octanol–water partition coefficient (Wildman–Crippen LogP) is 6.40. The molecule has 2 aliphatic rings. The van der Waals surface area contributed by atoms with Crippen molar-refractivity contribution in [3.8, 4) is 0 Å². The van der Waals surface area contributed by atoms with Gasteiger partial charge in [-0.2, -0.15) is 0 Å². The summed E-state index contributed by atoms with van der Waals surface area (Å²) >= 11 is 0. The van der Waals surface area contributed by atoms with Crippen LogP contribution in [0, 0.1) is 23.7 Å². The minimum atomic E-state index is -0.365. The molecule has 2 aliphatic carbocycles. The van der Waals surface area contributed by atoms with Crippen molar-refractivity contribution in [2.75, 3.05) is 0 Å². The third-order valence-electron chi connectivity index (χ3n) is 7.41. The summed E-state index contributed by atoms with van der Waals surface area (Å²) in [5.41, 5.74) is 0.207. The van der Waals surface area contributed by atoms with Crippen molar-refractivity contribution in [3.05, 3.63) is 24.3 Å². The molecule has 2 rings (SSSR count). The van der Waals surface area contributed by atoms with E-state index in [1.165, 1.54) is 0 Å². The molecule has 0 heterocycles. The lowest BCUT2D eigenvalue weighted by Gasteiger charge is -2.46. The fraction of sp³-hybridized carbons (Fsp3) is 0.769. The summed E-state index contributed by atoms with van der Waals surface area (Å²) in [6.45, 7) is 19.6. The molecule has 0 unspecified atom stereocenters. The highest BCUT2D eigenvalue weighted by atomic mass is 16.6. The van der Waals surface area contributed by atoms with E-state index in [0.717, 1.165) is 51.4 Å². The first-order chi connectivity index (χ1) is 13.9. The molecule has 0 bridgehead atoms. The number of rotatable bonds is 7. The van der Waals surface area contributed by atoms with Gasteiger partial charge in [0.05, 0.1) is 0 Å². The molecule has 0 N–H and O–H groups in total. The lowest BCUT2D eigenvalue weighted by Crippen LogP contribution is -2.42. The van der Waals surface area contributed by atoms with Crippen LogP contribution in [0.3, 0.4) is 0 Å². The van der Waals surface area contributed by atoms with E-state index in [1.54, 1.807) is 13.8 Å². The summed E-state index contributed by atoms with van der Waals surface area (Å²) in [5.74, 6) is 2.06. The summed E-state index contributed by atoms with van der Waals surface area (Å²) in [4.78, 5) is 24.0. The van der Waals surface area contributed by atoms with Crippen LogP contribution in [0.2, 0.25) is 0 Å². The highest BCUT2D eigenvalue weighted by molar-refractivity contribution is 5.87. The third-order valence-corrected chi connectivity index (χ3v) is 7.41. The van der Waals surface area contributed by atoms with Crippen molar-refractivity contribution >= 4 is 11.9 Å². The van der Waals surface area contributed by atoms with E-state index in [2.05, 4.69) is 40.9 Å². The lowest BCUT2D eigenvalue weighted by atomic mass is 9.62. The standard InChI is InChI=1S/C26H42O4/c1-17(2)22(20-9-13-25(7,14-10-20)29-23(27)18(3)4)21-11-15-26(8,16-12-21)30-24(28)19(5)6/h17,20-22H,3,5,9-16H2,1-2,4,6-8H3. The van der Waals surface area contributed by atoms with Crippen LogP contribution in [0.5, 0.6) is 0 Å². The van der Waals surface area contributed by atoms with E-state index in [-0.39, 0.29) is 23.1 Å². The van der Waals surface area contributed by atoms with Gasteiger partial charge in [0.15, 0.2) is 0 Å². The first-order valence-electron chi connectivity index (χ1n) is 11.6. The van der Waals surface area contributed by atoms with Crippen LogP contribution in [0.15, 0.2) is 24.3 Å². The molecule has 2 saturated carbocycles. The first kappa shape index (κ1) is 24.7. The Labute approximate surface area is 183 Å². The molecule has 0 spiro atoms. The quantitative estimate of drug-likeness (QED) is 0.355. The Kier molecular flexibility index (Phi) is 7.98. The average molecular weight is 419 g/mol. The minimum absolute atomic E-state index is 0.271. The van der Waals surface area contributed by atoms with Crippen molar-refractivity contribution < 1.29 is 19.1 Å². The highest BCUT2D eigenvalue weighted by Crippen LogP contribution is 2.48. The molecule has 0 aromatic carbocycles. The Bertz CT molecular complexity index is 605. The van der Waals surface area contributed by atoms with E-state index in [9.17, 15) is 9.59 Å².